The van der Waals surface area contributed by atoms with Gasteiger partial charge in [-0.1, -0.05) is 23.5 Å². The molecule has 3 aromatic rings. The Kier molecular flexibility index (Phi) is 5.44. The molecule has 6 nitrogen and oxygen atoms in total. The van der Waals surface area contributed by atoms with E-state index in [0.717, 1.165) is 16.0 Å². The van der Waals surface area contributed by atoms with E-state index in [9.17, 15) is 9.59 Å². The number of carbonyl (C=O) groups is 1. The van der Waals surface area contributed by atoms with Gasteiger partial charge in [0.2, 0.25) is 0 Å². The molecule has 4 rings (SSSR count). The van der Waals surface area contributed by atoms with Crippen LogP contribution in [0.2, 0.25) is 0 Å². The first-order chi connectivity index (χ1) is 14.4. The Morgan fingerprint density at radius 1 is 1.17 bits per heavy atom. The van der Waals surface area contributed by atoms with Gasteiger partial charge in [-0.2, -0.15) is 0 Å². The van der Waals surface area contributed by atoms with Crippen LogP contribution in [0.5, 0.6) is 5.75 Å². The fraction of sp³-hybridized carbons (Fsp3) is 0.227. The van der Waals surface area contributed by atoms with Gasteiger partial charge in [0.1, 0.15) is 5.75 Å². The van der Waals surface area contributed by atoms with Crippen molar-refractivity contribution in [2.24, 2.45) is 4.99 Å². The Hall–Kier alpha value is -2.97. The van der Waals surface area contributed by atoms with Gasteiger partial charge in [0.05, 0.1) is 36.1 Å². The van der Waals surface area contributed by atoms with Crippen LogP contribution in [0, 0.1) is 6.92 Å². The molecule has 0 bridgehead atoms. The maximum absolute atomic E-state index is 13.4. The van der Waals surface area contributed by atoms with Gasteiger partial charge in [0.15, 0.2) is 4.80 Å². The Bertz CT molecular complexity index is 1330. The standard InChI is InChI=1S/C22H20N2O4S2/c1-12-9-10-29-16(12)11-17-20(25)24-19(14-5-7-15(27-3)8-6-14)18(21(26)28-4)13(2)23-22(24)30-17/h5-11,19H,1-4H3. The minimum Gasteiger partial charge on any atom is -0.497 e. The number of aromatic nitrogens is 1. The molecule has 0 saturated carbocycles. The molecule has 1 aromatic carbocycles. The molecule has 0 amide bonds. The van der Waals surface area contributed by atoms with Gasteiger partial charge >= 0.3 is 5.97 Å². The molecule has 0 N–H and O–H groups in total. The van der Waals surface area contributed by atoms with Crippen molar-refractivity contribution in [3.63, 3.8) is 0 Å². The molecule has 30 heavy (non-hydrogen) atoms. The van der Waals surface area contributed by atoms with Crippen LogP contribution < -0.4 is 19.6 Å². The summed E-state index contributed by atoms with van der Waals surface area (Å²) in [5, 5.41) is 2.00. The summed E-state index contributed by atoms with van der Waals surface area (Å²) in [4.78, 5) is 32.2. The molecule has 0 fully saturated rings. The van der Waals surface area contributed by atoms with E-state index >= 15 is 0 Å². The summed E-state index contributed by atoms with van der Waals surface area (Å²) in [7, 11) is 2.92. The first kappa shape index (κ1) is 20.3. The molecule has 154 valence electrons. The number of thiophene rings is 1. The molecule has 1 aliphatic rings. The lowest BCUT2D eigenvalue weighted by molar-refractivity contribution is -0.136. The van der Waals surface area contributed by atoms with E-state index in [1.165, 1.54) is 18.4 Å². The van der Waals surface area contributed by atoms with Crippen LogP contribution in [0.25, 0.3) is 6.08 Å². The Labute approximate surface area is 181 Å². The number of aryl methyl sites for hydroxylation is 1. The second kappa shape index (κ2) is 8.04. The van der Waals surface area contributed by atoms with E-state index in [1.807, 2.05) is 48.7 Å². The second-order valence-corrected chi connectivity index (χ2v) is 8.77. The maximum Gasteiger partial charge on any atom is 0.338 e. The number of carbonyl (C=O) groups excluding carboxylic acids is 1. The summed E-state index contributed by atoms with van der Waals surface area (Å²) in [5.41, 5.74) is 2.62. The number of hydrogen-bond donors (Lipinski definition) is 0. The number of ether oxygens (including phenoxy) is 2. The third-order valence-corrected chi connectivity index (χ3v) is 6.97. The van der Waals surface area contributed by atoms with Crippen LogP contribution in [0.1, 0.15) is 29.0 Å². The molecule has 0 saturated heterocycles. The highest BCUT2D eigenvalue weighted by molar-refractivity contribution is 7.11. The van der Waals surface area contributed by atoms with Crippen molar-refractivity contribution in [2.75, 3.05) is 14.2 Å². The zero-order chi connectivity index (χ0) is 21.4. The summed E-state index contributed by atoms with van der Waals surface area (Å²) in [5.74, 6) is 0.195. The molecular weight excluding hydrogens is 420 g/mol. The van der Waals surface area contributed by atoms with Crippen LogP contribution in [-0.2, 0) is 9.53 Å². The van der Waals surface area contributed by atoms with Crippen molar-refractivity contribution in [3.8, 4) is 5.75 Å². The maximum atomic E-state index is 13.4. The van der Waals surface area contributed by atoms with E-state index in [4.69, 9.17) is 9.47 Å². The number of rotatable bonds is 4. The highest BCUT2D eigenvalue weighted by Gasteiger charge is 2.33. The zero-order valence-electron chi connectivity index (χ0n) is 17.0. The minimum atomic E-state index is -0.619. The highest BCUT2D eigenvalue weighted by atomic mass is 32.1. The van der Waals surface area contributed by atoms with Crippen molar-refractivity contribution in [3.05, 3.63) is 82.7 Å². The number of hydrogen-bond acceptors (Lipinski definition) is 7. The molecule has 1 atom stereocenters. The summed E-state index contributed by atoms with van der Waals surface area (Å²) in [6, 6.07) is 8.73. The summed E-state index contributed by atoms with van der Waals surface area (Å²) < 4.78 is 12.4. The smallest absolute Gasteiger partial charge is 0.338 e. The molecule has 2 aromatic heterocycles. The van der Waals surface area contributed by atoms with E-state index in [0.29, 0.717) is 26.4 Å². The Balaban J connectivity index is 1.97. The number of fused-ring (bicyclic) bond motifs is 1. The van der Waals surface area contributed by atoms with Crippen molar-refractivity contribution in [1.82, 2.24) is 4.57 Å². The summed E-state index contributed by atoms with van der Waals surface area (Å²) in [6.07, 6.45) is 1.89. The number of esters is 1. The number of thiazole rings is 1. The van der Waals surface area contributed by atoms with E-state index in [2.05, 4.69) is 4.99 Å². The first-order valence-electron chi connectivity index (χ1n) is 9.23. The van der Waals surface area contributed by atoms with Gasteiger partial charge in [-0.25, -0.2) is 9.79 Å². The van der Waals surface area contributed by atoms with Crippen LogP contribution in [0.4, 0.5) is 0 Å². The van der Waals surface area contributed by atoms with Crippen molar-refractivity contribution >= 4 is 34.7 Å². The van der Waals surface area contributed by atoms with Crippen LogP contribution in [0.15, 0.2) is 56.8 Å². The largest absolute Gasteiger partial charge is 0.497 e. The molecule has 0 radical (unpaired) electrons. The lowest BCUT2D eigenvalue weighted by atomic mass is 9.96. The van der Waals surface area contributed by atoms with Crippen molar-refractivity contribution < 1.29 is 14.3 Å². The third-order valence-electron chi connectivity index (χ3n) is 5.02. The van der Waals surface area contributed by atoms with E-state index < -0.39 is 12.0 Å². The summed E-state index contributed by atoms with van der Waals surface area (Å²) >= 11 is 2.91. The zero-order valence-corrected chi connectivity index (χ0v) is 18.6. The lowest BCUT2D eigenvalue weighted by Crippen LogP contribution is -2.39. The van der Waals surface area contributed by atoms with E-state index in [1.54, 1.807) is 29.9 Å². The monoisotopic (exact) mass is 440 g/mol. The molecule has 1 unspecified atom stereocenters. The fourth-order valence-electron chi connectivity index (χ4n) is 3.45. The third kappa shape index (κ3) is 3.42. The van der Waals surface area contributed by atoms with Crippen LogP contribution >= 0.6 is 22.7 Å². The lowest BCUT2D eigenvalue weighted by Gasteiger charge is -2.24. The molecule has 3 heterocycles. The van der Waals surface area contributed by atoms with Gasteiger partial charge in [-0.05, 0) is 54.6 Å². The van der Waals surface area contributed by atoms with Gasteiger partial charge in [-0.15, -0.1) is 11.3 Å². The quantitative estimate of drug-likeness (QED) is 0.585. The SMILES string of the molecule is COC(=O)C1=C(C)N=c2sc(=Cc3sccc3C)c(=O)n2C1c1ccc(OC)cc1. The van der Waals surface area contributed by atoms with Gasteiger partial charge in [-0.3, -0.25) is 9.36 Å². The predicted molar refractivity (Wildman–Crippen MR) is 118 cm³/mol. The van der Waals surface area contributed by atoms with E-state index in [-0.39, 0.29) is 5.56 Å². The normalized spacial score (nSPS) is 16.3. The second-order valence-electron chi connectivity index (χ2n) is 6.81. The summed E-state index contributed by atoms with van der Waals surface area (Å²) in [6.45, 7) is 3.78. The average Bonchev–Trinajstić information content (AvgIpc) is 3.29. The van der Waals surface area contributed by atoms with Gasteiger partial charge < -0.3 is 9.47 Å². The first-order valence-corrected chi connectivity index (χ1v) is 10.9. The molecule has 0 aliphatic carbocycles. The van der Waals surface area contributed by atoms with Crippen molar-refractivity contribution in [1.29, 1.82) is 0 Å². The Morgan fingerprint density at radius 2 is 1.90 bits per heavy atom. The molecule has 0 spiro atoms. The average molecular weight is 441 g/mol. The highest BCUT2D eigenvalue weighted by Crippen LogP contribution is 2.31. The number of allylic oxidation sites excluding steroid dienone is 1. The van der Waals surface area contributed by atoms with Gasteiger partial charge in [0.25, 0.3) is 5.56 Å². The molecular formula is C22H20N2O4S2. The fourth-order valence-corrected chi connectivity index (χ4v) is 5.41. The number of nitrogens with zero attached hydrogens (tertiary/aromatic N) is 2. The topological polar surface area (TPSA) is 69.9 Å². The van der Waals surface area contributed by atoms with Crippen molar-refractivity contribution in [2.45, 2.75) is 19.9 Å². The minimum absolute atomic E-state index is 0.179. The molecule has 1 aliphatic heterocycles. The number of benzene rings is 1. The van der Waals surface area contributed by atoms with Crippen LogP contribution in [-0.4, -0.2) is 24.8 Å². The van der Waals surface area contributed by atoms with Gasteiger partial charge in [0, 0.05) is 4.88 Å². The predicted octanol–water partition coefficient (Wildman–Crippen LogP) is 2.79. The number of methoxy groups -OCH3 is 2. The Morgan fingerprint density at radius 3 is 2.50 bits per heavy atom. The van der Waals surface area contributed by atoms with Crippen LogP contribution in [0.3, 0.4) is 0 Å². The molecule has 8 heteroatoms.